The number of hydrogen-bond acceptors (Lipinski definition) is 3. The maximum Gasteiger partial charge on any atom is 0.313 e. The second-order valence-electron chi connectivity index (χ2n) is 5.43. The predicted molar refractivity (Wildman–Crippen MR) is 88.9 cm³/mol. The molecule has 24 heavy (non-hydrogen) atoms. The third kappa shape index (κ3) is 4.63. The van der Waals surface area contributed by atoms with Crippen LogP contribution in [0.3, 0.4) is 0 Å². The van der Waals surface area contributed by atoms with Gasteiger partial charge in [-0.25, -0.2) is 4.39 Å². The number of halogens is 1. The minimum Gasteiger partial charge on any atom is -0.394 e. The molecule has 2 amide bonds. The Balaban J connectivity index is 1.97. The van der Waals surface area contributed by atoms with Gasteiger partial charge in [0.1, 0.15) is 5.82 Å². The van der Waals surface area contributed by atoms with Gasteiger partial charge in [-0.2, -0.15) is 0 Å². The first-order valence-electron chi connectivity index (χ1n) is 7.53. The molecule has 0 aromatic heterocycles. The van der Waals surface area contributed by atoms with Gasteiger partial charge in [0.25, 0.3) is 0 Å². The lowest BCUT2D eigenvalue weighted by atomic mass is 10.1. The van der Waals surface area contributed by atoms with Crippen molar-refractivity contribution in [3.8, 4) is 0 Å². The van der Waals surface area contributed by atoms with Gasteiger partial charge in [-0.15, -0.1) is 0 Å². The second kappa shape index (κ2) is 8.21. The zero-order valence-electron chi connectivity index (χ0n) is 13.3. The Morgan fingerprint density at radius 1 is 1.08 bits per heavy atom. The lowest BCUT2D eigenvalue weighted by molar-refractivity contribution is -0.136. The van der Waals surface area contributed by atoms with Crippen LogP contribution >= 0.6 is 0 Å². The molecule has 2 rings (SSSR count). The van der Waals surface area contributed by atoms with Gasteiger partial charge in [-0.1, -0.05) is 42.5 Å². The lowest BCUT2D eigenvalue weighted by Gasteiger charge is -2.16. The van der Waals surface area contributed by atoms with Gasteiger partial charge in [0.05, 0.1) is 18.3 Å². The summed E-state index contributed by atoms with van der Waals surface area (Å²) < 4.78 is 13.9. The highest BCUT2D eigenvalue weighted by atomic mass is 19.1. The van der Waals surface area contributed by atoms with Crippen LogP contribution in [0.5, 0.6) is 0 Å². The fourth-order valence-corrected chi connectivity index (χ4v) is 2.23. The van der Waals surface area contributed by atoms with Gasteiger partial charge in [-0.05, 0) is 30.5 Å². The van der Waals surface area contributed by atoms with E-state index in [9.17, 15) is 19.1 Å². The number of amides is 2. The summed E-state index contributed by atoms with van der Waals surface area (Å²) in [5.41, 5.74) is 1.23. The Morgan fingerprint density at radius 3 is 2.46 bits per heavy atom. The highest BCUT2D eigenvalue weighted by Gasteiger charge is 2.20. The third-order valence-corrected chi connectivity index (χ3v) is 3.53. The number of anilines is 1. The number of aliphatic hydroxyl groups excluding tert-OH is 1. The molecule has 0 spiro atoms. The zero-order valence-corrected chi connectivity index (χ0v) is 13.3. The van der Waals surface area contributed by atoms with E-state index < -0.39 is 23.7 Å². The molecule has 5 nitrogen and oxygen atoms in total. The van der Waals surface area contributed by atoms with Crippen LogP contribution in [-0.2, 0) is 16.0 Å². The van der Waals surface area contributed by atoms with Crippen LogP contribution in [0.2, 0.25) is 0 Å². The van der Waals surface area contributed by atoms with Crippen molar-refractivity contribution in [1.29, 1.82) is 0 Å². The second-order valence-corrected chi connectivity index (χ2v) is 5.43. The van der Waals surface area contributed by atoms with E-state index in [0.717, 1.165) is 5.56 Å². The van der Waals surface area contributed by atoms with Crippen LogP contribution in [0.15, 0.2) is 48.5 Å². The van der Waals surface area contributed by atoms with Crippen LogP contribution in [0.25, 0.3) is 0 Å². The van der Waals surface area contributed by atoms with Crippen LogP contribution in [0.4, 0.5) is 10.1 Å². The molecule has 0 radical (unpaired) electrons. The first kappa shape index (κ1) is 17.6. The molecule has 126 valence electrons. The van der Waals surface area contributed by atoms with Crippen molar-refractivity contribution < 1.29 is 19.1 Å². The van der Waals surface area contributed by atoms with Gasteiger partial charge in [-0.3, -0.25) is 9.59 Å². The van der Waals surface area contributed by atoms with Gasteiger partial charge in [0.2, 0.25) is 0 Å². The van der Waals surface area contributed by atoms with E-state index in [4.69, 9.17) is 0 Å². The van der Waals surface area contributed by atoms with Gasteiger partial charge in [0, 0.05) is 0 Å². The summed E-state index contributed by atoms with van der Waals surface area (Å²) in [4.78, 5) is 23.9. The molecular formula is C18H19FN2O3. The van der Waals surface area contributed by atoms with E-state index in [1.54, 1.807) is 19.1 Å². The molecule has 0 fully saturated rings. The number of carbonyl (C=O) groups excluding carboxylic acids is 2. The molecule has 6 heteroatoms. The van der Waals surface area contributed by atoms with E-state index >= 15 is 0 Å². The number of rotatable bonds is 5. The summed E-state index contributed by atoms with van der Waals surface area (Å²) in [6.07, 6.45) is 0.384. The van der Waals surface area contributed by atoms with Crippen molar-refractivity contribution in [3.05, 3.63) is 65.5 Å². The Bertz CT molecular complexity index is 719. The predicted octanol–water partition coefficient (Wildman–Crippen LogP) is 1.79. The topological polar surface area (TPSA) is 78.4 Å². The van der Waals surface area contributed by atoms with Crippen LogP contribution < -0.4 is 10.6 Å². The number of carbonyl (C=O) groups is 2. The summed E-state index contributed by atoms with van der Waals surface area (Å²) in [5, 5.41) is 14.1. The maximum atomic E-state index is 13.9. The van der Waals surface area contributed by atoms with Crippen molar-refractivity contribution in [3.63, 3.8) is 0 Å². The molecule has 0 heterocycles. The molecule has 0 bridgehead atoms. The zero-order chi connectivity index (χ0) is 17.5. The molecule has 0 aliphatic rings. The third-order valence-electron chi connectivity index (χ3n) is 3.53. The molecule has 2 aromatic carbocycles. The van der Waals surface area contributed by atoms with Crippen LogP contribution in [0, 0.1) is 12.7 Å². The van der Waals surface area contributed by atoms with Gasteiger partial charge < -0.3 is 15.7 Å². The minimum absolute atomic E-state index is 0.0567. The van der Waals surface area contributed by atoms with Crippen LogP contribution in [-0.4, -0.2) is 29.6 Å². The summed E-state index contributed by atoms with van der Waals surface area (Å²) in [6.45, 7) is 1.25. The lowest BCUT2D eigenvalue weighted by Crippen LogP contribution is -2.44. The number of aliphatic hydroxyl groups is 1. The summed E-state index contributed by atoms with van der Waals surface area (Å²) in [5.74, 6) is -2.49. The molecule has 0 aliphatic heterocycles. The Labute approximate surface area is 139 Å². The average Bonchev–Trinajstić information content (AvgIpc) is 2.59. The molecule has 0 unspecified atom stereocenters. The monoisotopic (exact) mass is 330 g/mol. The van der Waals surface area contributed by atoms with Crippen molar-refractivity contribution in [1.82, 2.24) is 5.32 Å². The number of benzene rings is 2. The van der Waals surface area contributed by atoms with Gasteiger partial charge in [0.15, 0.2) is 0 Å². The average molecular weight is 330 g/mol. The number of hydrogen-bond donors (Lipinski definition) is 3. The van der Waals surface area contributed by atoms with E-state index in [-0.39, 0.29) is 12.3 Å². The summed E-state index contributed by atoms with van der Waals surface area (Å²) in [7, 11) is 0. The Hall–Kier alpha value is -2.73. The highest BCUT2D eigenvalue weighted by molar-refractivity contribution is 6.39. The molecule has 0 saturated carbocycles. The summed E-state index contributed by atoms with van der Waals surface area (Å²) in [6, 6.07) is 13.2. The molecule has 3 N–H and O–H groups in total. The molecule has 2 aromatic rings. The van der Waals surface area contributed by atoms with E-state index in [1.165, 1.54) is 6.07 Å². The Morgan fingerprint density at radius 2 is 1.79 bits per heavy atom. The first-order valence-corrected chi connectivity index (χ1v) is 7.53. The normalized spacial score (nSPS) is 11.6. The molecule has 1 atom stereocenters. The quantitative estimate of drug-likeness (QED) is 0.732. The van der Waals surface area contributed by atoms with Crippen molar-refractivity contribution in [2.45, 2.75) is 19.4 Å². The van der Waals surface area contributed by atoms with Gasteiger partial charge >= 0.3 is 11.8 Å². The molecule has 0 saturated heterocycles. The molecular weight excluding hydrogens is 311 g/mol. The minimum atomic E-state index is -0.981. The van der Waals surface area contributed by atoms with Crippen molar-refractivity contribution in [2.75, 3.05) is 11.9 Å². The standard InChI is InChI=1S/C18H19FN2O3/c1-12-6-5-9-15(16(12)19)21-18(24)17(23)20-14(11-22)10-13-7-3-2-4-8-13/h2-9,14,22H,10-11H2,1H3,(H,20,23)(H,21,24)/t14-/m1/s1. The van der Waals surface area contributed by atoms with Crippen molar-refractivity contribution >= 4 is 17.5 Å². The Kier molecular flexibility index (Phi) is 6.03. The molecule has 0 aliphatic carbocycles. The van der Waals surface area contributed by atoms with Crippen molar-refractivity contribution in [2.24, 2.45) is 0 Å². The highest BCUT2D eigenvalue weighted by Crippen LogP contribution is 2.16. The first-order chi connectivity index (χ1) is 11.5. The van der Waals surface area contributed by atoms with E-state index in [2.05, 4.69) is 10.6 Å². The van der Waals surface area contributed by atoms with E-state index in [1.807, 2.05) is 30.3 Å². The smallest absolute Gasteiger partial charge is 0.313 e. The fourth-order valence-electron chi connectivity index (χ4n) is 2.23. The van der Waals surface area contributed by atoms with Crippen LogP contribution in [0.1, 0.15) is 11.1 Å². The number of nitrogens with one attached hydrogen (secondary N) is 2. The van der Waals surface area contributed by atoms with E-state index in [0.29, 0.717) is 12.0 Å². The fraction of sp³-hybridized carbons (Fsp3) is 0.222. The summed E-state index contributed by atoms with van der Waals surface area (Å²) >= 11 is 0. The largest absolute Gasteiger partial charge is 0.394 e. The maximum absolute atomic E-state index is 13.9. The SMILES string of the molecule is Cc1cccc(NC(=O)C(=O)N[C@@H](CO)Cc2ccccc2)c1F. The number of aryl methyl sites for hydroxylation is 1.